The highest BCUT2D eigenvalue weighted by atomic mass is 79.9. The molecule has 0 radical (unpaired) electrons. The van der Waals surface area contributed by atoms with E-state index in [1.54, 1.807) is 29.7 Å². The zero-order valence-electron chi connectivity index (χ0n) is 16.0. The van der Waals surface area contributed by atoms with Gasteiger partial charge in [-0.1, -0.05) is 28.1 Å². The van der Waals surface area contributed by atoms with Crippen molar-refractivity contribution in [1.82, 2.24) is 4.98 Å². The van der Waals surface area contributed by atoms with E-state index in [1.165, 1.54) is 6.07 Å². The van der Waals surface area contributed by atoms with E-state index in [0.29, 0.717) is 28.5 Å². The summed E-state index contributed by atoms with van der Waals surface area (Å²) >= 11 is 4.87. The van der Waals surface area contributed by atoms with E-state index in [-0.39, 0.29) is 5.82 Å². The molecule has 4 aromatic rings. The number of nitrogens with two attached hydrogens (primary N) is 1. The first-order valence-electron chi connectivity index (χ1n) is 9.28. The molecule has 3 heterocycles. The highest BCUT2D eigenvalue weighted by Gasteiger charge is 2.24. The normalized spacial score (nSPS) is 13.3. The van der Waals surface area contributed by atoms with Crippen molar-refractivity contribution in [3.8, 4) is 0 Å². The fraction of sp³-hybridized carbons (Fsp3) is 0.0909. The third kappa shape index (κ3) is 3.12. The molecule has 2 aromatic carbocycles. The number of fused-ring (bicyclic) bond motifs is 2. The number of nitrogens with one attached hydrogen (secondary N) is 1. The average molecular weight is 482 g/mol. The predicted molar refractivity (Wildman–Crippen MR) is 126 cm³/mol. The number of anilines is 4. The minimum absolute atomic E-state index is 0.348. The molecule has 0 amide bonds. The smallest absolute Gasteiger partial charge is 0.147 e. The van der Waals surface area contributed by atoms with Gasteiger partial charge in [0.25, 0.3) is 0 Å². The molecular weight excluding hydrogens is 465 g/mol. The van der Waals surface area contributed by atoms with E-state index < -0.39 is 0 Å². The first-order valence-corrected chi connectivity index (χ1v) is 11.0. The van der Waals surface area contributed by atoms with Crippen molar-refractivity contribution in [2.24, 2.45) is 10.7 Å². The highest BCUT2D eigenvalue weighted by Crippen LogP contribution is 2.41. The topological polar surface area (TPSA) is 66.5 Å². The van der Waals surface area contributed by atoms with Crippen LogP contribution in [0.5, 0.6) is 0 Å². The largest absolute Gasteiger partial charge is 0.383 e. The van der Waals surface area contributed by atoms with Gasteiger partial charge >= 0.3 is 0 Å². The Morgan fingerprint density at radius 2 is 2.03 bits per heavy atom. The van der Waals surface area contributed by atoms with Crippen molar-refractivity contribution in [3.05, 3.63) is 74.8 Å². The minimum atomic E-state index is -0.348. The molecule has 0 spiro atoms. The fourth-order valence-corrected chi connectivity index (χ4v) is 4.87. The van der Waals surface area contributed by atoms with Crippen LogP contribution in [-0.2, 0) is 0 Å². The van der Waals surface area contributed by atoms with Gasteiger partial charge in [-0.3, -0.25) is 0 Å². The summed E-state index contributed by atoms with van der Waals surface area (Å²) < 4.78 is 15.1. The molecule has 5 rings (SSSR count). The number of hydrogen-bond donors (Lipinski definition) is 2. The summed E-state index contributed by atoms with van der Waals surface area (Å²) in [6.07, 6.45) is 1.74. The predicted octanol–water partition coefficient (Wildman–Crippen LogP) is 6.06. The Hall–Kier alpha value is -2.97. The Balaban J connectivity index is 1.65. The van der Waals surface area contributed by atoms with Gasteiger partial charge in [0, 0.05) is 21.4 Å². The van der Waals surface area contributed by atoms with E-state index in [9.17, 15) is 4.39 Å². The first-order chi connectivity index (χ1) is 14.5. The van der Waals surface area contributed by atoms with E-state index in [1.807, 2.05) is 17.5 Å². The quantitative estimate of drug-likeness (QED) is 0.372. The lowest BCUT2D eigenvalue weighted by Gasteiger charge is -2.29. The molecule has 3 N–H and O–H groups in total. The molecule has 0 aliphatic carbocycles. The summed E-state index contributed by atoms with van der Waals surface area (Å²) in [5.74, 6) is 0.823. The van der Waals surface area contributed by atoms with Crippen LogP contribution in [0.15, 0.2) is 63.5 Å². The summed E-state index contributed by atoms with van der Waals surface area (Å²) in [7, 11) is 0. The maximum Gasteiger partial charge on any atom is 0.147 e. The summed E-state index contributed by atoms with van der Waals surface area (Å²) in [6.45, 7) is 2.52. The van der Waals surface area contributed by atoms with Gasteiger partial charge in [0.1, 0.15) is 24.1 Å². The van der Waals surface area contributed by atoms with Gasteiger partial charge < -0.3 is 16.0 Å². The van der Waals surface area contributed by atoms with Gasteiger partial charge in [-0.15, -0.1) is 11.3 Å². The molecule has 5 nitrogen and oxygen atoms in total. The number of nitrogens with zero attached hydrogens (tertiary/aromatic N) is 3. The van der Waals surface area contributed by atoms with Crippen molar-refractivity contribution in [2.45, 2.75) is 6.92 Å². The molecule has 150 valence electrons. The molecule has 0 fully saturated rings. The fourth-order valence-electron chi connectivity index (χ4n) is 3.72. The Bertz CT molecular complexity index is 1320. The number of aliphatic imine (C=N–C) groups is 1. The lowest BCUT2D eigenvalue weighted by atomic mass is 10.0. The van der Waals surface area contributed by atoms with Crippen LogP contribution in [0.1, 0.15) is 10.4 Å². The maximum atomic E-state index is 14.4. The SMILES string of the molecule is Cc1ccc2c(Nc3ccc(Br)cc3F)nccc2c1N1CN=C(N)c2sccc21. The van der Waals surface area contributed by atoms with Gasteiger partial charge in [0.15, 0.2) is 0 Å². The van der Waals surface area contributed by atoms with Gasteiger partial charge in [-0.05, 0) is 48.2 Å². The van der Waals surface area contributed by atoms with Crippen molar-refractivity contribution < 1.29 is 4.39 Å². The second-order valence-corrected chi connectivity index (χ2v) is 8.81. The Morgan fingerprint density at radius 1 is 1.17 bits per heavy atom. The first kappa shape index (κ1) is 19.0. The molecular formula is C22H17BrFN5S. The molecule has 0 atom stereocenters. The second kappa shape index (κ2) is 7.37. The number of hydrogen-bond acceptors (Lipinski definition) is 6. The van der Waals surface area contributed by atoms with Crippen molar-refractivity contribution in [2.75, 3.05) is 16.9 Å². The number of pyridine rings is 1. The summed E-state index contributed by atoms with van der Waals surface area (Å²) in [4.78, 5) is 12.1. The number of aromatic nitrogens is 1. The summed E-state index contributed by atoms with van der Waals surface area (Å²) in [6, 6.07) is 13.0. The molecule has 0 bridgehead atoms. The van der Waals surface area contributed by atoms with Crippen LogP contribution in [0, 0.1) is 12.7 Å². The zero-order chi connectivity index (χ0) is 20.8. The number of aryl methyl sites for hydroxylation is 1. The summed E-state index contributed by atoms with van der Waals surface area (Å²) in [5.41, 5.74) is 9.67. The molecule has 0 saturated carbocycles. The van der Waals surface area contributed by atoms with E-state index in [2.05, 4.69) is 55.2 Å². The van der Waals surface area contributed by atoms with Crippen LogP contribution in [0.4, 0.5) is 27.3 Å². The van der Waals surface area contributed by atoms with Crippen LogP contribution in [0.3, 0.4) is 0 Å². The van der Waals surface area contributed by atoms with Crippen LogP contribution in [-0.4, -0.2) is 17.5 Å². The maximum absolute atomic E-state index is 14.4. The average Bonchev–Trinajstić information content (AvgIpc) is 3.22. The van der Waals surface area contributed by atoms with E-state index >= 15 is 0 Å². The lowest BCUT2D eigenvalue weighted by Crippen LogP contribution is -2.28. The zero-order valence-corrected chi connectivity index (χ0v) is 18.4. The number of benzene rings is 2. The van der Waals surface area contributed by atoms with Crippen LogP contribution in [0.25, 0.3) is 10.8 Å². The number of halogens is 2. The minimum Gasteiger partial charge on any atom is -0.383 e. The Morgan fingerprint density at radius 3 is 2.87 bits per heavy atom. The molecule has 1 aliphatic heterocycles. The molecule has 1 aliphatic rings. The molecule has 0 saturated heterocycles. The van der Waals surface area contributed by atoms with Gasteiger partial charge in [-0.2, -0.15) is 0 Å². The molecule has 0 unspecified atom stereocenters. The van der Waals surface area contributed by atoms with Crippen molar-refractivity contribution in [3.63, 3.8) is 0 Å². The molecule has 2 aromatic heterocycles. The lowest BCUT2D eigenvalue weighted by molar-refractivity contribution is 0.631. The molecule has 8 heteroatoms. The van der Waals surface area contributed by atoms with E-state index in [0.717, 1.165) is 32.6 Å². The monoisotopic (exact) mass is 481 g/mol. The highest BCUT2D eigenvalue weighted by molar-refractivity contribution is 9.10. The number of rotatable bonds is 3. The Kier molecular flexibility index (Phi) is 4.67. The van der Waals surface area contributed by atoms with E-state index in [4.69, 9.17) is 5.73 Å². The molecule has 30 heavy (non-hydrogen) atoms. The third-order valence-electron chi connectivity index (χ3n) is 5.12. The van der Waals surface area contributed by atoms with Gasteiger partial charge in [0.2, 0.25) is 0 Å². The standard InChI is InChI=1S/C22H17BrFN5S/c1-12-2-4-15-14(19(12)29-11-27-21(25)20-18(29)7-9-30-20)6-8-26-22(15)28-17-5-3-13(23)10-16(17)24/h2-10H,11H2,1H3,(H2,25,27)(H,26,28). The van der Waals surface area contributed by atoms with Gasteiger partial charge in [0.05, 0.1) is 21.9 Å². The Labute approximate surface area is 185 Å². The van der Waals surface area contributed by atoms with Crippen LogP contribution in [0.2, 0.25) is 0 Å². The van der Waals surface area contributed by atoms with Crippen LogP contribution < -0.4 is 16.0 Å². The van der Waals surface area contributed by atoms with Crippen LogP contribution >= 0.6 is 27.3 Å². The van der Waals surface area contributed by atoms with Crippen molar-refractivity contribution in [1.29, 1.82) is 0 Å². The summed E-state index contributed by atoms with van der Waals surface area (Å²) in [5, 5.41) is 7.08. The van der Waals surface area contributed by atoms with Crippen molar-refractivity contribution >= 4 is 66.8 Å². The number of thiophene rings is 1. The second-order valence-electron chi connectivity index (χ2n) is 6.98. The van der Waals surface area contributed by atoms with Gasteiger partial charge in [-0.25, -0.2) is 14.4 Å². The third-order valence-corrected chi connectivity index (χ3v) is 6.54. The number of amidine groups is 1.